The Morgan fingerprint density at radius 2 is 2.23 bits per heavy atom. The van der Waals surface area contributed by atoms with Crippen LogP contribution in [-0.4, -0.2) is 20.3 Å². The van der Waals surface area contributed by atoms with Crippen LogP contribution in [0.5, 0.6) is 0 Å². The number of allylic oxidation sites excluding steroid dienone is 1. The summed E-state index contributed by atoms with van der Waals surface area (Å²) in [6, 6.07) is 0. The molecule has 0 spiro atoms. The summed E-state index contributed by atoms with van der Waals surface area (Å²) >= 11 is 0. The van der Waals surface area contributed by atoms with E-state index in [1.807, 2.05) is 26.0 Å². The Morgan fingerprint density at radius 1 is 1.62 bits per heavy atom. The van der Waals surface area contributed by atoms with Crippen molar-refractivity contribution in [1.82, 2.24) is 0 Å². The predicted molar refractivity (Wildman–Crippen MR) is 51.9 cm³/mol. The van der Waals surface area contributed by atoms with Crippen LogP contribution in [0.15, 0.2) is 12.2 Å². The highest BCUT2D eigenvalue weighted by atomic mass is 32.2. The fourth-order valence-corrected chi connectivity index (χ4v) is 2.54. The Kier molecular flexibility index (Phi) is 2.82. The molecule has 0 bridgehead atoms. The molecule has 1 fully saturated rings. The highest BCUT2D eigenvalue weighted by molar-refractivity contribution is 7.86. The molecule has 13 heavy (non-hydrogen) atoms. The van der Waals surface area contributed by atoms with Crippen LogP contribution in [-0.2, 0) is 14.3 Å². The fraction of sp³-hybridized carbons (Fsp3) is 0.778. The van der Waals surface area contributed by atoms with Gasteiger partial charge >= 0.3 is 0 Å². The molecule has 1 aliphatic carbocycles. The van der Waals surface area contributed by atoms with E-state index in [9.17, 15) is 8.42 Å². The van der Waals surface area contributed by atoms with Gasteiger partial charge in [0.25, 0.3) is 10.1 Å². The van der Waals surface area contributed by atoms with Crippen LogP contribution in [0, 0.1) is 5.92 Å². The lowest BCUT2D eigenvalue weighted by Crippen LogP contribution is -2.18. The van der Waals surface area contributed by atoms with Crippen molar-refractivity contribution >= 4 is 10.1 Å². The molecule has 0 saturated heterocycles. The summed E-state index contributed by atoms with van der Waals surface area (Å²) in [5.74, 6) is 0.360. The van der Waals surface area contributed by atoms with Crippen molar-refractivity contribution in [3.8, 4) is 0 Å². The maximum absolute atomic E-state index is 11.0. The van der Waals surface area contributed by atoms with Crippen molar-refractivity contribution in [2.75, 3.05) is 6.26 Å². The van der Waals surface area contributed by atoms with Crippen molar-refractivity contribution < 1.29 is 12.6 Å². The molecule has 2 atom stereocenters. The van der Waals surface area contributed by atoms with Crippen LogP contribution >= 0.6 is 0 Å². The van der Waals surface area contributed by atoms with Crippen molar-refractivity contribution in [1.29, 1.82) is 0 Å². The molecule has 0 aliphatic heterocycles. The minimum absolute atomic E-state index is 0.360. The Labute approximate surface area is 79.9 Å². The standard InChI is InChI=1S/C9H16O3S/c1-4-6-9(7-8(9)5-2)12-13(3,10)11/h4,6,8H,5,7H2,1-3H3/b6-4+/t8-,9-/m1/s1. The molecule has 0 amide bonds. The lowest BCUT2D eigenvalue weighted by atomic mass is 10.2. The van der Waals surface area contributed by atoms with E-state index in [-0.39, 0.29) is 0 Å². The van der Waals surface area contributed by atoms with E-state index in [0.29, 0.717) is 5.92 Å². The second-order valence-corrected chi connectivity index (χ2v) is 5.13. The normalized spacial score (nSPS) is 33.9. The van der Waals surface area contributed by atoms with Crippen LogP contribution in [0.1, 0.15) is 26.7 Å². The molecule has 0 radical (unpaired) electrons. The van der Waals surface area contributed by atoms with Crippen LogP contribution in [0.4, 0.5) is 0 Å². The largest absolute Gasteiger partial charge is 0.265 e. The van der Waals surface area contributed by atoms with Crippen LogP contribution < -0.4 is 0 Å². The van der Waals surface area contributed by atoms with Crippen LogP contribution in [0.2, 0.25) is 0 Å². The molecule has 0 aromatic heterocycles. The van der Waals surface area contributed by atoms with Crippen LogP contribution in [0.25, 0.3) is 0 Å². The van der Waals surface area contributed by atoms with Gasteiger partial charge in [0.1, 0.15) is 5.60 Å². The second-order valence-electron chi connectivity index (χ2n) is 3.55. The van der Waals surface area contributed by atoms with Gasteiger partial charge < -0.3 is 0 Å². The molecule has 1 rings (SSSR count). The summed E-state index contributed by atoms with van der Waals surface area (Å²) in [6.07, 6.45) is 6.58. The van der Waals surface area contributed by atoms with Gasteiger partial charge in [0.05, 0.1) is 6.26 Å². The Balaban J connectivity index is 2.73. The smallest absolute Gasteiger partial charge is 0.259 e. The Morgan fingerprint density at radius 3 is 2.54 bits per heavy atom. The zero-order chi connectivity index (χ0) is 10.1. The zero-order valence-electron chi connectivity index (χ0n) is 8.28. The van der Waals surface area contributed by atoms with Gasteiger partial charge in [-0.2, -0.15) is 8.42 Å². The first kappa shape index (κ1) is 10.7. The fourth-order valence-electron chi connectivity index (χ4n) is 1.71. The molecule has 3 nitrogen and oxygen atoms in total. The molecular weight excluding hydrogens is 188 g/mol. The van der Waals surface area contributed by atoms with Crippen molar-refractivity contribution in [2.24, 2.45) is 5.92 Å². The molecule has 0 aromatic carbocycles. The van der Waals surface area contributed by atoms with E-state index >= 15 is 0 Å². The van der Waals surface area contributed by atoms with Crippen molar-refractivity contribution in [2.45, 2.75) is 32.3 Å². The third kappa shape index (κ3) is 2.54. The lowest BCUT2D eigenvalue weighted by molar-refractivity contribution is 0.219. The van der Waals surface area contributed by atoms with Crippen molar-refractivity contribution in [3.63, 3.8) is 0 Å². The quantitative estimate of drug-likeness (QED) is 0.517. The van der Waals surface area contributed by atoms with Gasteiger partial charge in [0.15, 0.2) is 0 Å². The number of hydrogen-bond acceptors (Lipinski definition) is 3. The average molecular weight is 204 g/mol. The second kappa shape index (κ2) is 3.42. The van der Waals surface area contributed by atoms with E-state index in [0.717, 1.165) is 19.1 Å². The topological polar surface area (TPSA) is 43.4 Å². The minimum atomic E-state index is -3.34. The van der Waals surface area contributed by atoms with E-state index in [1.165, 1.54) is 0 Å². The summed E-state index contributed by atoms with van der Waals surface area (Å²) in [5, 5.41) is 0. The van der Waals surface area contributed by atoms with E-state index in [1.54, 1.807) is 0 Å². The third-order valence-corrected chi connectivity index (χ3v) is 2.96. The highest BCUT2D eigenvalue weighted by Crippen LogP contribution is 2.50. The Bertz CT molecular complexity index is 305. The monoisotopic (exact) mass is 204 g/mol. The van der Waals surface area contributed by atoms with Gasteiger partial charge in [-0.25, -0.2) is 0 Å². The van der Waals surface area contributed by atoms with Crippen molar-refractivity contribution in [3.05, 3.63) is 12.2 Å². The molecule has 0 heterocycles. The maximum atomic E-state index is 11.0. The minimum Gasteiger partial charge on any atom is -0.259 e. The highest BCUT2D eigenvalue weighted by Gasteiger charge is 2.54. The first-order valence-corrected chi connectivity index (χ1v) is 6.29. The van der Waals surface area contributed by atoms with Gasteiger partial charge in [-0.3, -0.25) is 4.18 Å². The average Bonchev–Trinajstić information content (AvgIpc) is 2.60. The van der Waals surface area contributed by atoms with Gasteiger partial charge in [-0.05, 0) is 19.3 Å². The summed E-state index contributed by atoms with van der Waals surface area (Å²) in [4.78, 5) is 0. The molecule has 0 aromatic rings. The number of hydrogen-bond donors (Lipinski definition) is 0. The summed E-state index contributed by atoms with van der Waals surface area (Å²) in [6.45, 7) is 3.92. The molecule has 4 heteroatoms. The van der Waals surface area contributed by atoms with E-state index in [4.69, 9.17) is 4.18 Å². The molecular formula is C9H16O3S. The zero-order valence-corrected chi connectivity index (χ0v) is 9.10. The SMILES string of the molecule is C/C=C/[C@@]1(OS(C)(=O)=O)C[C@H]1CC. The molecule has 76 valence electrons. The molecule has 0 unspecified atom stereocenters. The summed E-state index contributed by atoms with van der Waals surface area (Å²) in [5.41, 5.74) is -0.517. The summed E-state index contributed by atoms with van der Waals surface area (Å²) < 4.78 is 27.0. The van der Waals surface area contributed by atoms with E-state index < -0.39 is 15.7 Å². The van der Waals surface area contributed by atoms with Gasteiger partial charge in [0.2, 0.25) is 0 Å². The maximum Gasteiger partial charge on any atom is 0.265 e. The molecule has 1 saturated carbocycles. The first-order valence-electron chi connectivity index (χ1n) is 4.48. The lowest BCUT2D eigenvalue weighted by Gasteiger charge is -2.11. The van der Waals surface area contributed by atoms with E-state index in [2.05, 4.69) is 0 Å². The predicted octanol–water partition coefficient (Wildman–Crippen LogP) is 1.71. The van der Waals surface area contributed by atoms with Crippen LogP contribution in [0.3, 0.4) is 0 Å². The first-order chi connectivity index (χ1) is 5.93. The van der Waals surface area contributed by atoms with Gasteiger partial charge in [0, 0.05) is 0 Å². The van der Waals surface area contributed by atoms with Gasteiger partial charge in [-0.15, -0.1) is 0 Å². The molecule has 1 aliphatic rings. The Hall–Kier alpha value is -0.350. The third-order valence-electron chi connectivity index (χ3n) is 2.34. The molecule has 0 N–H and O–H groups in total. The van der Waals surface area contributed by atoms with Gasteiger partial charge in [-0.1, -0.05) is 25.5 Å². The summed E-state index contributed by atoms with van der Waals surface area (Å²) in [7, 11) is -3.34. The number of rotatable bonds is 4.